The van der Waals surface area contributed by atoms with E-state index >= 15 is 0 Å². The van der Waals surface area contributed by atoms with Crippen LogP contribution in [0.3, 0.4) is 0 Å². The second kappa shape index (κ2) is 8.36. The summed E-state index contributed by atoms with van der Waals surface area (Å²) in [7, 11) is 0. The fourth-order valence-electron chi connectivity index (χ4n) is 2.85. The molecule has 1 aliphatic heterocycles. The molecule has 0 saturated carbocycles. The van der Waals surface area contributed by atoms with Crippen LogP contribution in [0, 0.1) is 0 Å². The molecule has 7 nitrogen and oxygen atoms in total. The number of ether oxygens (including phenoxy) is 1. The minimum absolute atomic E-state index is 0.00582. The minimum atomic E-state index is -4.53. The van der Waals surface area contributed by atoms with Gasteiger partial charge in [0, 0.05) is 0 Å². The lowest BCUT2D eigenvalue weighted by Crippen LogP contribution is -2.36. The van der Waals surface area contributed by atoms with Gasteiger partial charge < -0.3 is 4.74 Å². The maximum absolute atomic E-state index is 12.8. The SMILES string of the molecule is CCOC(=O)NN=C(CN1C(=O)c2ccccc2C1=O)c1ccc(C(F)(F)F)cc1. The summed E-state index contributed by atoms with van der Waals surface area (Å²) in [5.74, 6) is -1.13. The van der Waals surface area contributed by atoms with Crippen LogP contribution >= 0.6 is 0 Å². The lowest BCUT2D eigenvalue weighted by molar-refractivity contribution is -0.137. The fraction of sp³-hybridized carbons (Fsp3) is 0.200. The third kappa shape index (κ3) is 4.32. The molecule has 0 aliphatic carbocycles. The van der Waals surface area contributed by atoms with Gasteiger partial charge in [0.05, 0.1) is 35.6 Å². The molecular weight excluding hydrogens is 403 g/mol. The van der Waals surface area contributed by atoms with Gasteiger partial charge in [-0.25, -0.2) is 10.2 Å². The van der Waals surface area contributed by atoms with Crippen molar-refractivity contribution in [1.82, 2.24) is 10.3 Å². The Morgan fingerprint density at radius 2 is 1.60 bits per heavy atom. The lowest BCUT2D eigenvalue weighted by Gasteiger charge is -2.16. The van der Waals surface area contributed by atoms with Crippen molar-refractivity contribution in [3.63, 3.8) is 0 Å². The number of carbonyl (C=O) groups excluding carboxylic acids is 3. The van der Waals surface area contributed by atoms with Gasteiger partial charge in [-0.2, -0.15) is 18.3 Å². The summed E-state index contributed by atoms with van der Waals surface area (Å²) in [6.07, 6.45) is -5.41. The Morgan fingerprint density at radius 3 is 2.10 bits per heavy atom. The van der Waals surface area contributed by atoms with Gasteiger partial charge in [-0.1, -0.05) is 24.3 Å². The summed E-state index contributed by atoms with van der Waals surface area (Å²) in [6, 6.07) is 10.2. The normalized spacial score (nSPS) is 14.0. The maximum Gasteiger partial charge on any atom is 0.427 e. The van der Waals surface area contributed by atoms with Gasteiger partial charge in [-0.15, -0.1) is 0 Å². The first-order chi connectivity index (χ1) is 14.2. The number of alkyl halides is 3. The summed E-state index contributed by atoms with van der Waals surface area (Å²) in [5, 5.41) is 3.86. The van der Waals surface area contributed by atoms with Crippen molar-refractivity contribution in [2.45, 2.75) is 13.1 Å². The second-order valence-electron chi connectivity index (χ2n) is 6.21. The first kappa shape index (κ1) is 21.0. The van der Waals surface area contributed by atoms with E-state index in [1.807, 2.05) is 0 Å². The Kier molecular flexibility index (Phi) is 5.86. The molecule has 3 amide bonds. The highest BCUT2D eigenvalue weighted by Gasteiger charge is 2.36. The predicted molar refractivity (Wildman–Crippen MR) is 99.9 cm³/mol. The molecule has 1 heterocycles. The van der Waals surface area contributed by atoms with Gasteiger partial charge in [-0.3, -0.25) is 14.5 Å². The molecule has 156 valence electrons. The van der Waals surface area contributed by atoms with Crippen LogP contribution in [-0.2, 0) is 10.9 Å². The number of carbonyl (C=O) groups is 3. The molecular formula is C20H16F3N3O4. The van der Waals surface area contributed by atoms with Crippen LogP contribution in [0.25, 0.3) is 0 Å². The zero-order chi connectivity index (χ0) is 21.9. The summed E-state index contributed by atoms with van der Waals surface area (Å²) in [5.41, 5.74) is 1.86. The van der Waals surface area contributed by atoms with Gasteiger partial charge in [0.1, 0.15) is 0 Å². The van der Waals surface area contributed by atoms with E-state index in [0.29, 0.717) is 0 Å². The number of imide groups is 1. The van der Waals surface area contributed by atoms with Crippen molar-refractivity contribution in [3.05, 3.63) is 70.8 Å². The summed E-state index contributed by atoms with van der Waals surface area (Å²) in [4.78, 5) is 37.7. The number of amides is 3. The van der Waals surface area contributed by atoms with Crippen LogP contribution in [0.5, 0.6) is 0 Å². The Hall–Kier alpha value is -3.69. The van der Waals surface area contributed by atoms with Gasteiger partial charge in [-0.05, 0) is 36.8 Å². The molecule has 30 heavy (non-hydrogen) atoms. The molecule has 0 fully saturated rings. The monoisotopic (exact) mass is 419 g/mol. The third-order valence-corrected chi connectivity index (χ3v) is 4.29. The molecule has 0 saturated heterocycles. The predicted octanol–water partition coefficient (Wildman–Crippen LogP) is 3.45. The van der Waals surface area contributed by atoms with Gasteiger partial charge in [0.25, 0.3) is 11.8 Å². The molecule has 0 radical (unpaired) electrons. The van der Waals surface area contributed by atoms with Gasteiger partial charge in [0.2, 0.25) is 0 Å². The molecule has 0 bridgehead atoms. The van der Waals surface area contributed by atoms with E-state index < -0.39 is 29.6 Å². The van der Waals surface area contributed by atoms with E-state index in [0.717, 1.165) is 29.2 Å². The number of rotatable bonds is 5. The highest BCUT2D eigenvalue weighted by atomic mass is 19.4. The number of halogens is 3. The molecule has 2 aromatic carbocycles. The van der Waals surface area contributed by atoms with E-state index in [2.05, 4.69) is 10.5 Å². The lowest BCUT2D eigenvalue weighted by atomic mass is 10.1. The number of fused-ring (bicyclic) bond motifs is 1. The van der Waals surface area contributed by atoms with Crippen molar-refractivity contribution < 1.29 is 32.3 Å². The quantitative estimate of drug-likeness (QED) is 0.457. The van der Waals surface area contributed by atoms with E-state index in [1.54, 1.807) is 19.1 Å². The zero-order valence-electron chi connectivity index (χ0n) is 15.7. The van der Waals surface area contributed by atoms with E-state index in [1.165, 1.54) is 12.1 Å². The van der Waals surface area contributed by atoms with Crippen molar-refractivity contribution >= 4 is 23.6 Å². The van der Waals surface area contributed by atoms with Crippen LogP contribution < -0.4 is 5.43 Å². The summed E-state index contributed by atoms with van der Waals surface area (Å²) in [6.45, 7) is 1.30. The third-order valence-electron chi connectivity index (χ3n) is 4.29. The van der Waals surface area contributed by atoms with Gasteiger partial charge >= 0.3 is 12.3 Å². The zero-order valence-corrected chi connectivity index (χ0v) is 15.7. The highest BCUT2D eigenvalue weighted by molar-refractivity contribution is 6.23. The standard InChI is InChI=1S/C20H16F3N3O4/c1-2-30-19(29)25-24-16(12-7-9-13(10-8-12)20(21,22)23)11-26-17(27)14-5-3-4-6-15(14)18(26)28/h3-10H,2,11H2,1H3,(H,25,29). The summed E-state index contributed by atoms with van der Waals surface area (Å²) >= 11 is 0. The van der Waals surface area contributed by atoms with E-state index in [9.17, 15) is 27.6 Å². The fourth-order valence-corrected chi connectivity index (χ4v) is 2.85. The topological polar surface area (TPSA) is 88.1 Å². The van der Waals surface area contributed by atoms with Crippen molar-refractivity contribution in [2.75, 3.05) is 13.2 Å². The number of hydrogen-bond donors (Lipinski definition) is 1. The van der Waals surface area contributed by atoms with E-state index in [-0.39, 0.29) is 35.6 Å². The number of hydrogen-bond acceptors (Lipinski definition) is 5. The van der Waals surface area contributed by atoms with Crippen molar-refractivity contribution in [1.29, 1.82) is 0 Å². The first-order valence-electron chi connectivity index (χ1n) is 8.84. The molecule has 10 heteroatoms. The average molecular weight is 419 g/mol. The average Bonchev–Trinajstić information content (AvgIpc) is 2.95. The van der Waals surface area contributed by atoms with Crippen LogP contribution in [0.1, 0.15) is 38.8 Å². The largest absolute Gasteiger partial charge is 0.449 e. The number of hydrazone groups is 1. The Labute approximate surface area is 169 Å². The number of nitrogens with one attached hydrogen (secondary N) is 1. The Bertz CT molecular complexity index is 982. The molecule has 1 N–H and O–H groups in total. The van der Waals surface area contributed by atoms with Crippen LogP contribution in [0.15, 0.2) is 53.6 Å². The molecule has 0 unspecified atom stereocenters. The molecule has 0 atom stereocenters. The van der Waals surface area contributed by atoms with Crippen LogP contribution in [0.4, 0.5) is 18.0 Å². The number of nitrogens with zero attached hydrogens (tertiary/aromatic N) is 2. The molecule has 0 spiro atoms. The molecule has 1 aliphatic rings. The van der Waals surface area contributed by atoms with Gasteiger partial charge in [0.15, 0.2) is 0 Å². The molecule has 0 aromatic heterocycles. The molecule has 3 rings (SSSR count). The van der Waals surface area contributed by atoms with E-state index in [4.69, 9.17) is 4.74 Å². The first-order valence-corrected chi connectivity index (χ1v) is 8.84. The van der Waals surface area contributed by atoms with Crippen molar-refractivity contribution in [3.8, 4) is 0 Å². The van der Waals surface area contributed by atoms with Crippen LogP contribution in [-0.4, -0.2) is 41.7 Å². The smallest absolute Gasteiger partial charge is 0.427 e. The highest BCUT2D eigenvalue weighted by Crippen LogP contribution is 2.29. The Morgan fingerprint density at radius 1 is 1.03 bits per heavy atom. The molecule has 2 aromatic rings. The van der Waals surface area contributed by atoms with Crippen molar-refractivity contribution in [2.24, 2.45) is 5.10 Å². The maximum atomic E-state index is 12.8. The minimum Gasteiger partial charge on any atom is -0.449 e. The Balaban J connectivity index is 1.91. The second-order valence-corrected chi connectivity index (χ2v) is 6.21. The number of benzene rings is 2. The summed E-state index contributed by atoms with van der Waals surface area (Å²) < 4.78 is 43.2. The van der Waals surface area contributed by atoms with Crippen LogP contribution in [0.2, 0.25) is 0 Å².